The molecule has 9 N–H and O–H groups in total. The number of aromatic nitrogens is 7. The molecule has 0 fully saturated rings. The number of pyridine rings is 1. The third-order valence-corrected chi connectivity index (χ3v) is 4.30. The lowest BCUT2D eigenvalue weighted by atomic mass is 10.1. The Bertz CT molecular complexity index is 1220. The second kappa shape index (κ2) is 10.5. The molecule has 0 aromatic carbocycles. The number of tetrazole rings is 1. The van der Waals surface area contributed by atoms with Gasteiger partial charge in [-0.25, -0.2) is 14.6 Å². The minimum atomic E-state index is -0.974. The Balaban J connectivity index is 1.60. The number of carbonyl (C=O) groups is 3. The van der Waals surface area contributed by atoms with Gasteiger partial charge in [-0.2, -0.15) is 10.2 Å². The molecular formula is C17H20N12O5. The van der Waals surface area contributed by atoms with E-state index in [1.54, 1.807) is 0 Å². The molecule has 0 saturated carbocycles. The van der Waals surface area contributed by atoms with Gasteiger partial charge in [0, 0.05) is 6.42 Å². The number of hydrogen-bond acceptors (Lipinski definition) is 12. The van der Waals surface area contributed by atoms with Crippen molar-refractivity contribution in [2.24, 2.45) is 0 Å². The van der Waals surface area contributed by atoms with Gasteiger partial charge < -0.3 is 26.8 Å². The van der Waals surface area contributed by atoms with Crippen molar-refractivity contribution >= 4 is 41.0 Å². The molecule has 34 heavy (non-hydrogen) atoms. The maximum atomic E-state index is 12.5. The highest BCUT2D eigenvalue weighted by Gasteiger charge is 2.23. The summed E-state index contributed by atoms with van der Waals surface area (Å²) in [6, 6.07) is 0.932. The first-order valence-corrected chi connectivity index (χ1v) is 9.57. The van der Waals surface area contributed by atoms with Gasteiger partial charge in [-0.15, -0.1) is 10.2 Å². The van der Waals surface area contributed by atoms with Crippen molar-refractivity contribution in [1.29, 1.82) is 0 Å². The number of amides is 3. The molecule has 1 atom stereocenters. The third-order valence-electron chi connectivity index (χ3n) is 4.30. The number of rotatable bonds is 8. The minimum Gasteiger partial charge on any atom is -0.467 e. The molecule has 17 heteroatoms. The van der Waals surface area contributed by atoms with Gasteiger partial charge in [0.05, 0.1) is 19.0 Å². The van der Waals surface area contributed by atoms with E-state index in [2.05, 4.69) is 51.5 Å². The van der Waals surface area contributed by atoms with Gasteiger partial charge in [-0.05, 0) is 18.6 Å². The molecule has 3 aromatic rings. The van der Waals surface area contributed by atoms with Gasteiger partial charge in [0.15, 0.2) is 17.3 Å². The van der Waals surface area contributed by atoms with Crippen LogP contribution in [0.5, 0.6) is 0 Å². The number of nitrogens with two attached hydrogens (primary N) is 2. The van der Waals surface area contributed by atoms with E-state index in [4.69, 9.17) is 16.2 Å². The van der Waals surface area contributed by atoms with Crippen LogP contribution in [0.2, 0.25) is 0 Å². The fraction of sp³-hybridized carbons (Fsp3) is 0.235. The number of aryl methyl sites for hydroxylation is 1. The van der Waals surface area contributed by atoms with Crippen LogP contribution in [0.25, 0.3) is 0 Å². The number of methoxy groups -OCH3 is 1. The fourth-order valence-electron chi connectivity index (χ4n) is 2.69. The first-order chi connectivity index (χ1) is 16.3. The minimum absolute atomic E-state index is 0.0251. The largest absolute Gasteiger partial charge is 0.467 e. The molecule has 0 spiro atoms. The zero-order chi connectivity index (χ0) is 24.7. The highest BCUT2D eigenvalue weighted by Crippen LogP contribution is 2.12. The van der Waals surface area contributed by atoms with E-state index in [-0.39, 0.29) is 41.7 Å². The Morgan fingerprint density at radius 1 is 1.21 bits per heavy atom. The van der Waals surface area contributed by atoms with Crippen molar-refractivity contribution in [2.75, 3.05) is 29.2 Å². The zero-order valence-corrected chi connectivity index (χ0v) is 17.7. The molecule has 3 rings (SSSR count). The predicted octanol–water partition coefficient (Wildman–Crippen LogP) is -1.61. The van der Waals surface area contributed by atoms with E-state index in [1.165, 1.54) is 25.4 Å². The number of aromatic amines is 2. The molecular weight excluding hydrogens is 452 g/mol. The summed E-state index contributed by atoms with van der Waals surface area (Å²) in [5, 5.41) is 20.5. The second-order valence-electron chi connectivity index (χ2n) is 6.64. The van der Waals surface area contributed by atoms with Crippen LogP contribution < -0.4 is 33.0 Å². The van der Waals surface area contributed by atoms with E-state index >= 15 is 0 Å². The van der Waals surface area contributed by atoms with Crippen molar-refractivity contribution in [3.8, 4) is 0 Å². The summed E-state index contributed by atoms with van der Waals surface area (Å²) in [7, 11) is 1.20. The molecule has 3 aromatic heterocycles. The van der Waals surface area contributed by atoms with Crippen LogP contribution >= 0.6 is 0 Å². The Kier molecular flexibility index (Phi) is 7.27. The predicted molar refractivity (Wildman–Crippen MR) is 116 cm³/mol. The molecule has 178 valence electrons. The lowest BCUT2D eigenvalue weighted by Crippen LogP contribution is -2.42. The molecule has 0 bridgehead atoms. The number of esters is 1. The monoisotopic (exact) mass is 472 g/mol. The topological polar surface area (TPSA) is 262 Å². The van der Waals surface area contributed by atoms with Crippen LogP contribution in [0.3, 0.4) is 0 Å². The maximum Gasteiger partial charge on any atom is 0.328 e. The van der Waals surface area contributed by atoms with Gasteiger partial charge in [0.2, 0.25) is 5.95 Å². The number of ether oxygens (including phenoxy) is 1. The number of nitrogen functional groups attached to an aromatic ring is 2. The molecule has 0 radical (unpaired) electrons. The van der Waals surface area contributed by atoms with Crippen molar-refractivity contribution < 1.29 is 19.1 Å². The van der Waals surface area contributed by atoms with Crippen molar-refractivity contribution in [1.82, 2.24) is 40.9 Å². The number of carbonyl (C=O) groups excluding carboxylic acids is 3. The Hall–Kier alpha value is -5.09. The molecule has 0 aliphatic carbocycles. The molecule has 3 amide bonds. The first kappa shape index (κ1) is 23.6. The fourth-order valence-corrected chi connectivity index (χ4v) is 2.69. The molecule has 17 nitrogen and oxygen atoms in total. The van der Waals surface area contributed by atoms with E-state index in [1.807, 2.05) is 0 Å². The van der Waals surface area contributed by atoms with Gasteiger partial charge >= 0.3 is 12.0 Å². The van der Waals surface area contributed by atoms with Crippen LogP contribution in [0.1, 0.15) is 22.7 Å². The Morgan fingerprint density at radius 3 is 2.62 bits per heavy atom. The molecule has 3 heterocycles. The zero-order valence-electron chi connectivity index (χ0n) is 17.7. The van der Waals surface area contributed by atoms with Gasteiger partial charge in [0.25, 0.3) is 11.5 Å². The highest BCUT2D eigenvalue weighted by molar-refractivity contribution is 6.01. The van der Waals surface area contributed by atoms with Crippen LogP contribution in [0.15, 0.2) is 23.1 Å². The molecule has 0 unspecified atom stereocenters. The summed E-state index contributed by atoms with van der Waals surface area (Å²) in [6.45, 7) is 0. The quantitative estimate of drug-likeness (QED) is 0.183. The summed E-state index contributed by atoms with van der Waals surface area (Å²) in [5.41, 5.74) is 10.1. The second-order valence-corrected chi connectivity index (χ2v) is 6.64. The summed E-state index contributed by atoms with van der Waals surface area (Å²) in [5.74, 6) is -1.39. The average Bonchev–Trinajstić information content (AvgIpc) is 3.32. The van der Waals surface area contributed by atoms with Crippen molar-refractivity contribution in [2.45, 2.75) is 18.9 Å². The number of nitrogens with one attached hydrogen (secondary N) is 5. The van der Waals surface area contributed by atoms with E-state index < -0.39 is 29.5 Å². The van der Waals surface area contributed by atoms with Crippen LogP contribution in [-0.4, -0.2) is 66.6 Å². The molecule has 0 saturated heterocycles. The lowest BCUT2D eigenvalue weighted by Gasteiger charge is -2.15. The SMILES string of the molecule is COC(=O)[C@H](CCc1nn[nH]n1)NC(=O)c1ccc(NC(=O)Nc2c(N)nc(N)[nH]c2=O)cn1. The standard InChI is InChI=1S/C17H20N12O5/c1-34-15(32)9(4-5-10-26-28-29-27-10)22-13(30)8-3-2-7(6-20-8)21-17(33)23-11-12(18)24-16(19)25-14(11)31/h2-3,6,9H,4-5H2,1H3,(H,22,30)(H2,21,23,33)(H,26,27,28,29)(H5,18,19,24,25,31)/t9-/m0/s1. The van der Waals surface area contributed by atoms with Crippen LogP contribution in [0, 0.1) is 0 Å². The third kappa shape index (κ3) is 5.99. The van der Waals surface area contributed by atoms with E-state index in [0.717, 1.165) is 0 Å². The van der Waals surface area contributed by atoms with Crippen molar-refractivity contribution in [3.05, 3.63) is 40.2 Å². The highest BCUT2D eigenvalue weighted by atomic mass is 16.5. The first-order valence-electron chi connectivity index (χ1n) is 9.57. The van der Waals surface area contributed by atoms with Crippen molar-refractivity contribution in [3.63, 3.8) is 0 Å². The van der Waals surface area contributed by atoms with Gasteiger partial charge in [-0.1, -0.05) is 5.21 Å². The van der Waals surface area contributed by atoms with Crippen LogP contribution in [0.4, 0.5) is 27.9 Å². The average molecular weight is 472 g/mol. The summed E-state index contributed by atoms with van der Waals surface area (Å²) < 4.78 is 4.72. The van der Waals surface area contributed by atoms with E-state index in [0.29, 0.717) is 5.82 Å². The summed E-state index contributed by atoms with van der Waals surface area (Å²) in [6.07, 6.45) is 1.63. The van der Waals surface area contributed by atoms with Gasteiger partial charge in [-0.3, -0.25) is 19.9 Å². The Morgan fingerprint density at radius 2 is 2.00 bits per heavy atom. The smallest absolute Gasteiger partial charge is 0.328 e. The van der Waals surface area contributed by atoms with Gasteiger partial charge in [0.1, 0.15) is 11.7 Å². The van der Waals surface area contributed by atoms with E-state index in [9.17, 15) is 19.2 Å². The maximum absolute atomic E-state index is 12.5. The summed E-state index contributed by atoms with van der Waals surface area (Å²) >= 11 is 0. The number of H-pyrrole nitrogens is 2. The number of nitrogens with zero attached hydrogens (tertiary/aromatic N) is 5. The molecule has 0 aliphatic rings. The summed E-state index contributed by atoms with van der Waals surface area (Å²) in [4.78, 5) is 58.3. The van der Waals surface area contributed by atoms with Crippen LogP contribution in [-0.2, 0) is 16.0 Å². The number of urea groups is 1. The number of anilines is 4. The Labute approximate surface area is 190 Å². The normalized spacial score (nSPS) is 11.3. The molecule has 0 aliphatic heterocycles. The number of hydrogen-bond donors (Lipinski definition) is 7. The lowest BCUT2D eigenvalue weighted by molar-refractivity contribution is -0.143.